The number of hydrogen-bond donors (Lipinski definition) is 2. The second kappa shape index (κ2) is 5.84. The van der Waals surface area contributed by atoms with Crippen molar-refractivity contribution in [3.8, 4) is 6.07 Å². The minimum absolute atomic E-state index is 0.0211. The molecule has 1 fully saturated rings. The van der Waals surface area contributed by atoms with E-state index in [1.807, 2.05) is 48.7 Å². The van der Waals surface area contributed by atoms with E-state index in [0.717, 1.165) is 16.8 Å². The largest absolute Gasteiger partial charge is 0.343 e. The summed E-state index contributed by atoms with van der Waals surface area (Å²) in [5.74, 6) is -0.264. The Balaban J connectivity index is 1.78. The van der Waals surface area contributed by atoms with Crippen LogP contribution in [0.1, 0.15) is 11.1 Å². The van der Waals surface area contributed by atoms with E-state index in [4.69, 9.17) is 5.26 Å². The number of nitrogens with zero attached hydrogens (tertiary/aromatic N) is 2. The molecular weight excluding hydrogens is 300 g/mol. The molecule has 118 valence electrons. The summed E-state index contributed by atoms with van der Waals surface area (Å²) in [4.78, 5) is 14.6. The lowest BCUT2D eigenvalue weighted by Crippen LogP contribution is -2.58. The number of amides is 1. The third-order valence-corrected chi connectivity index (χ3v) is 4.49. The van der Waals surface area contributed by atoms with E-state index in [1.165, 1.54) is 0 Å². The third kappa shape index (κ3) is 2.34. The fraction of sp³-hybridized carbons (Fsp3) is 0.158. The second-order valence-electron chi connectivity index (χ2n) is 5.86. The van der Waals surface area contributed by atoms with Gasteiger partial charge in [0.25, 0.3) is 0 Å². The summed E-state index contributed by atoms with van der Waals surface area (Å²) in [5.41, 5.74) is 3.57. The molecule has 2 aromatic carbocycles. The van der Waals surface area contributed by atoms with E-state index in [1.54, 1.807) is 12.1 Å². The minimum Gasteiger partial charge on any atom is -0.343 e. The van der Waals surface area contributed by atoms with Crippen LogP contribution < -0.4 is 15.5 Å². The second-order valence-corrected chi connectivity index (χ2v) is 5.86. The van der Waals surface area contributed by atoms with E-state index < -0.39 is 0 Å². The standard InChI is InChI=1S/C19H16N4O/c20-10-13-6-8-14(9-7-13)16-11-23(15-4-2-1-3-5-15)18-17(16)19(24)22-12-21-18/h1-9,11,17-18,21H,12H2,(H,22,24). The van der Waals surface area contributed by atoms with Crippen molar-refractivity contribution in [3.05, 3.63) is 71.9 Å². The van der Waals surface area contributed by atoms with Crippen LogP contribution >= 0.6 is 0 Å². The molecule has 0 spiro atoms. The van der Waals surface area contributed by atoms with E-state index in [9.17, 15) is 4.79 Å². The smallest absolute Gasteiger partial charge is 0.232 e. The van der Waals surface area contributed by atoms with Gasteiger partial charge in [0.2, 0.25) is 5.91 Å². The van der Waals surface area contributed by atoms with Gasteiger partial charge in [0.1, 0.15) is 6.17 Å². The number of benzene rings is 2. The summed E-state index contributed by atoms with van der Waals surface area (Å²) < 4.78 is 0. The minimum atomic E-state index is -0.285. The Hall–Kier alpha value is -3.10. The molecule has 2 aliphatic heterocycles. The molecule has 0 saturated carbocycles. The molecule has 0 aromatic heterocycles. The normalized spacial score (nSPS) is 22.4. The van der Waals surface area contributed by atoms with E-state index in [2.05, 4.69) is 21.6 Å². The van der Waals surface area contributed by atoms with Crippen molar-refractivity contribution in [2.75, 3.05) is 11.6 Å². The molecule has 1 saturated heterocycles. The van der Waals surface area contributed by atoms with Crippen molar-refractivity contribution in [2.45, 2.75) is 6.17 Å². The first kappa shape index (κ1) is 14.5. The first-order valence-electron chi connectivity index (χ1n) is 7.84. The number of fused-ring (bicyclic) bond motifs is 1. The van der Waals surface area contributed by atoms with Gasteiger partial charge in [0.15, 0.2) is 0 Å². The fourth-order valence-corrected chi connectivity index (χ4v) is 3.32. The molecule has 2 N–H and O–H groups in total. The summed E-state index contributed by atoms with van der Waals surface area (Å²) in [6, 6.07) is 19.5. The molecule has 0 aliphatic carbocycles. The summed E-state index contributed by atoms with van der Waals surface area (Å²) in [6.45, 7) is 0.456. The molecule has 24 heavy (non-hydrogen) atoms. The molecular formula is C19H16N4O. The van der Waals surface area contributed by atoms with Crippen molar-refractivity contribution in [1.82, 2.24) is 10.6 Å². The predicted molar refractivity (Wildman–Crippen MR) is 91.5 cm³/mol. The summed E-state index contributed by atoms with van der Waals surface area (Å²) in [6.07, 6.45) is 1.93. The van der Waals surface area contributed by atoms with Gasteiger partial charge in [-0.25, -0.2) is 0 Å². The molecule has 2 aliphatic rings. The van der Waals surface area contributed by atoms with Crippen molar-refractivity contribution >= 4 is 17.2 Å². The number of para-hydroxylation sites is 1. The first-order valence-corrected chi connectivity index (χ1v) is 7.84. The molecule has 1 amide bonds. The molecule has 5 nitrogen and oxygen atoms in total. The molecule has 2 heterocycles. The molecule has 0 bridgehead atoms. The highest BCUT2D eigenvalue weighted by Gasteiger charge is 2.43. The van der Waals surface area contributed by atoms with Crippen LogP contribution in [0.4, 0.5) is 5.69 Å². The summed E-state index contributed by atoms with van der Waals surface area (Å²) in [5, 5.41) is 15.2. The average molecular weight is 316 g/mol. The van der Waals surface area contributed by atoms with E-state index in [0.29, 0.717) is 12.2 Å². The Morgan fingerprint density at radius 2 is 1.83 bits per heavy atom. The zero-order chi connectivity index (χ0) is 16.5. The lowest BCUT2D eigenvalue weighted by atomic mass is 9.91. The van der Waals surface area contributed by atoms with Crippen LogP contribution in [-0.4, -0.2) is 18.7 Å². The first-order chi connectivity index (χ1) is 11.8. The van der Waals surface area contributed by atoms with Crippen LogP contribution in [0, 0.1) is 17.2 Å². The highest BCUT2D eigenvalue weighted by molar-refractivity contribution is 5.96. The summed E-state index contributed by atoms with van der Waals surface area (Å²) >= 11 is 0. The maximum absolute atomic E-state index is 12.5. The lowest BCUT2D eigenvalue weighted by molar-refractivity contribution is -0.125. The average Bonchev–Trinajstić information content (AvgIpc) is 3.04. The van der Waals surface area contributed by atoms with Gasteiger partial charge in [-0.1, -0.05) is 30.3 Å². The number of rotatable bonds is 2. The number of carbonyl (C=O) groups is 1. The quantitative estimate of drug-likeness (QED) is 0.890. The van der Waals surface area contributed by atoms with Gasteiger partial charge >= 0.3 is 0 Å². The maximum atomic E-state index is 12.5. The number of nitriles is 1. The Labute approximate surface area is 140 Å². The number of hydrogen-bond acceptors (Lipinski definition) is 4. The molecule has 5 heteroatoms. The molecule has 2 aromatic rings. The SMILES string of the molecule is N#Cc1ccc(C2=CN(c3ccccc3)C3NCNC(=O)C23)cc1. The van der Waals surface area contributed by atoms with Crippen LogP contribution in [0.15, 0.2) is 60.8 Å². The number of carbonyl (C=O) groups excluding carboxylic acids is 1. The zero-order valence-electron chi connectivity index (χ0n) is 12.9. The highest BCUT2D eigenvalue weighted by atomic mass is 16.2. The Kier molecular flexibility index (Phi) is 3.52. The Morgan fingerprint density at radius 3 is 2.54 bits per heavy atom. The van der Waals surface area contributed by atoms with Gasteiger partial charge in [-0.3, -0.25) is 10.1 Å². The van der Waals surface area contributed by atoms with Gasteiger partial charge < -0.3 is 10.2 Å². The van der Waals surface area contributed by atoms with Crippen LogP contribution in [0.5, 0.6) is 0 Å². The molecule has 4 rings (SSSR count). The number of anilines is 1. The maximum Gasteiger partial charge on any atom is 0.232 e. The van der Waals surface area contributed by atoms with E-state index in [-0.39, 0.29) is 18.0 Å². The van der Waals surface area contributed by atoms with Crippen LogP contribution in [-0.2, 0) is 4.79 Å². The van der Waals surface area contributed by atoms with Gasteiger partial charge in [-0.2, -0.15) is 5.26 Å². The topological polar surface area (TPSA) is 68.2 Å². The number of nitrogens with one attached hydrogen (secondary N) is 2. The van der Waals surface area contributed by atoms with E-state index >= 15 is 0 Å². The Bertz CT molecular complexity index is 836. The van der Waals surface area contributed by atoms with Crippen molar-refractivity contribution in [1.29, 1.82) is 5.26 Å². The third-order valence-electron chi connectivity index (χ3n) is 4.49. The van der Waals surface area contributed by atoms with Gasteiger partial charge in [-0.05, 0) is 35.4 Å². The monoisotopic (exact) mass is 316 g/mol. The van der Waals surface area contributed by atoms with Crippen LogP contribution in [0.2, 0.25) is 0 Å². The van der Waals surface area contributed by atoms with Gasteiger partial charge in [-0.15, -0.1) is 0 Å². The zero-order valence-corrected chi connectivity index (χ0v) is 12.9. The van der Waals surface area contributed by atoms with Crippen molar-refractivity contribution < 1.29 is 4.79 Å². The molecule has 0 radical (unpaired) electrons. The fourth-order valence-electron chi connectivity index (χ4n) is 3.32. The predicted octanol–water partition coefficient (Wildman–Crippen LogP) is 2.04. The van der Waals surface area contributed by atoms with Crippen LogP contribution in [0.25, 0.3) is 5.57 Å². The van der Waals surface area contributed by atoms with Gasteiger partial charge in [0.05, 0.1) is 24.2 Å². The van der Waals surface area contributed by atoms with Crippen molar-refractivity contribution in [2.24, 2.45) is 5.92 Å². The van der Waals surface area contributed by atoms with Crippen LogP contribution in [0.3, 0.4) is 0 Å². The molecule has 2 atom stereocenters. The highest BCUT2D eigenvalue weighted by Crippen LogP contribution is 2.38. The molecule has 2 unspecified atom stereocenters. The Morgan fingerprint density at radius 1 is 1.08 bits per heavy atom. The van der Waals surface area contributed by atoms with Gasteiger partial charge in [0, 0.05) is 11.9 Å². The van der Waals surface area contributed by atoms with Crippen molar-refractivity contribution in [3.63, 3.8) is 0 Å². The summed E-state index contributed by atoms with van der Waals surface area (Å²) in [7, 11) is 0. The lowest BCUT2D eigenvalue weighted by Gasteiger charge is -2.34.